The van der Waals surface area contributed by atoms with E-state index in [0.717, 1.165) is 32.1 Å². The summed E-state index contributed by atoms with van der Waals surface area (Å²) in [5.41, 5.74) is 0. The van der Waals surface area contributed by atoms with Crippen LogP contribution in [0.15, 0.2) is 0 Å². The molecule has 0 spiro atoms. The van der Waals surface area contributed by atoms with E-state index in [1.54, 1.807) is 14.0 Å². The minimum atomic E-state index is -0.108. The van der Waals surface area contributed by atoms with Crippen LogP contribution in [0, 0.1) is 0 Å². The van der Waals surface area contributed by atoms with E-state index in [4.69, 9.17) is 9.47 Å². The van der Waals surface area contributed by atoms with Crippen LogP contribution in [0.3, 0.4) is 0 Å². The Morgan fingerprint density at radius 1 is 1.11 bits per heavy atom. The molecule has 0 saturated heterocycles. The SMILES string of the molecule is CCOC(=O)CCCCCCC(CC(C)=O)OC. The molecule has 0 aliphatic rings. The summed E-state index contributed by atoms with van der Waals surface area (Å²) in [7, 11) is 1.65. The Labute approximate surface area is 110 Å². The van der Waals surface area contributed by atoms with Crippen molar-refractivity contribution in [2.24, 2.45) is 0 Å². The number of esters is 1. The Bertz CT molecular complexity index is 238. The fourth-order valence-electron chi connectivity index (χ4n) is 1.85. The molecule has 4 nitrogen and oxygen atoms in total. The predicted octanol–water partition coefficient (Wildman–Crippen LogP) is 2.88. The number of ether oxygens (including phenoxy) is 2. The number of Topliss-reactive ketones (excluding diaryl/α,β-unsaturated/α-hetero) is 1. The van der Waals surface area contributed by atoms with Crippen LogP contribution >= 0.6 is 0 Å². The van der Waals surface area contributed by atoms with Gasteiger partial charge in [-0.15, -0.1) is 0 Å². The minimum absolute atomic E-state index is 0.0487. The van der Waals surface area contributed by atoms with Crippen molar-refractivity contribution in [2.75, 3.05) is 13.7 Å². The van der Waals surface area contributed by atoms with Crippen LogP contribution in [0.5, 0.6) is 0 Å². The van der Waals surface area contributed by atoms with Gasteiger partial charge in [0.15, 0.2) is 0 Å². The molecule has 0 bridgehead atoms. The smallest absolute Gasteiger partial charge is 0.305 e. The Hall–Kier alpha value is -0.900. The van der Waals surface area contributed by atoms with Gasteiger partial charge < -0.3 is 9.47 Å². The molecule has 0 fully saturated rings. The highest BCUT2D eigenvalue weighted by atomic mass is 16.5. The highest BCUT2D eigenvalue weighted by Gasteiger charge is 2.09. The molecule has 0 saturated carbocycles. The maximum absolute atomic E-state index is 11.1. The van der Waals surface area contributed by atoms with Crippen LogP contribution in [0.2, 0.25) is 0 Å². The van der Waals surface area contributed by atoms with E-state index < -0.39 is 0 Å². The fraction of sp³-hybridized carbons (Fsp3) is 0.857. The summed E-state index contributed by atoms with van der Waals surface area (Å²) in [5, 5.41) is 0. The van der Waals surface area contributed by atoms with Crippen molar-refractivity contribution < 1.29 is 19.1 Å². The Balaban J connectivity index is 3.43. The molecule has 0 heterocycles. The molecule has 1 unspecified atom stereocenters. The molecule has 18 heavy (non-hydrogen) atoms. The lowest BCUT2D eigenvalue weighted by Gasteiger charge is -2.13. The summed E-state index contributed by atoms with van der Waals surface area (Å²) < 4.78 is 10.1. The van der Waals surface area contributed by atoms with Gasteiger partial charge in [-0.1, -0.05) is 19.3 Å². The molecule has 0 aromatic heterocycles. The van der Waals surface area contributed by atoms with Crippen LogP contribution in [0.1, 0.15) is 58.8 Å². The lowest BCUT2D eigenvalue weighted by Crippen LogP contribution is -2.14. The molecule has 0 aliphatic heterocycles. The quantitative estimate of drug-likeness (QED) is 0.422. The van der Waals surface area contributed by atoms with Crippen molar-refractivity contribution in [3.8, 4) is 0 Å². The fourth-order valence-corrected chi connectivity index (χ4v) is 1.85. The Morgan fingerprint density at radius 3 is 2.33 bits per heavy atom. The van der Waals surface area contributed by atoms with Crippen molar-refractivity contribution >= 4 is 11.8 Å². The van der Waals surface area contributed by atoms with Crippen molar-refractivity contribution in [3.63, 3.8) is 0 Å². The number of unbranched alkanes of at least 4 members (excludes halogenated alkanes) is 3. The van der Waals surface area contributed by atoms with Crippen molar-refractivity contribution in [2.45, 2.75) is 64.9 Å². The second-order valence-electron chi connectivity index (χ2n) is 4.52. The van der Waals surface area contributed by atoms with E-state index in [-0.39, 0.29) is 17.9 Å². The molecular weight excluding hydrogens is 232 g/mol. The predicted molar refractivity (Wildman–Crippen MR) is 70.4 cm³/mol. The Kier molecular flexibility index (Phi) is 10.6. The first-order chi connectivity index (χ1) is 8.60. The van der Waals surface area contributed by atoms with Gasteiger partial charge in [-0.2, -0.15) is 0 Å². The number of hydrogen-bond donors (Lipinski definition) is 0. The highest BCUT2D eigenvalue weighted by molar-refractivity contribution is 5.75. The van der Waals surface area contributed by atoms with E-state index in [9.17, 15) is 9.59 Å². The van der Waals surface area contributed by atoms with Crippen LogP contribution in [-0.2, 0) is 19.1 Å². The monoisotopic (exact) mass is 258 g/mol. The lowest BCUT2D eigenvalue weighted by atomic mass is 10.0. The first-order valence-electron chi connectivity index (χ1n) is 6.78. The highest BCUT2D eigenvalue weighted by Crippen LogP contribution is 2.12. The zero-order valence-electron chi connectivity index (χ0n) is 11.9. The van der Waals surface area contributed by atoms with Crippen LogP contribution in [0.25, 0.3) is 0 Å². The summed E-state index contributed by atoms with van der Waals surface area (Å²) in [6, 6.07) is 0. The molecule has 0 amide bonds. The van der Waals surface area contributed by atoms with Crippen LogP contribution < -0.4 is 0 Å². The first-order valence-corrected chi connectivity index (χ1v) is 6.78. The molecule has 0 aromatic rings. The largest absolute Gasteiger partial charge is 0.466 e. The summed E-state index contributed by atoms with van der Waals surface area (Å²) in [6.45, 7) is 3.86. The molecule has 0 radical (unpaired) electrons. The van der Waals surface area contributed by atoms with E-state index in [2.05, 4.69) is 0 Å². The summed E-state index contributed by atoms with van der Waals surface area (Å²) in [5.74, 6) is 0.0630. The minimum Gasteiger partial charge on any atom is -0.466 e. The van der Waals surface area contributed by atoms with Crippen molar-refractivity contribution in [3.05, 3.63) is 0 Å². The number of rotatable bonds is 11. The summed E-state index contributed by atoms with van der Waals surface area (Å²) in [4.78, 5) is 22.0. The molecular formula is C14H26O4. The maximum atomic E-state index is 11.1. The maximum Gasteiger partial charge on any atom is 0.305 e. The first kappa shape index (κ1) is 17.1. The molecule has 0 rings (SSSR count). The third kappa shape index (κ3) is 10.3. The molecule has 106 valence electrons. The van der Waals surface area contributed by atoms with Crippen LogP contribution in [-0.4, -0.2) is 31.6 Å². The van der Waals surface area contributed by atoms with Gasteiger partial charge in [0.2, 0.25) is 0 Å². The van der Waals surface area contributed by atoms with Gasteiger partial charge in [0.1, 0.15) is 5.78 Å². The zero-order valence-corrected chi connectivity index (χ0v) is 11.9. The number of carbonyl (C=O) groups excluding carboxylic acids is 2. The van der Waals surface area contributed by atoms with Crippen molar-refractivity contribution in [1.29, 1.82) is 0 Å². The topological polar surface area (TPSA) is 52.6 Å². The van der Waals surface area contributed by atoms with Gasteiger partial charge >= 0.3 is 5.97 Å². The average molecular weight is 258 g/mol. The summed E-state index contributed by atoms with van der Waals surface area (Å²) >= 11 is 0. The molecule has 0 aliphatic carbocycles. The average Bonchev–Trinajstić information content (AvgIpc) is 2.31. The third-order valence-corrected chi connectivity index (χ3v) is 2.81. The third-order valence-electron chi connectivity index (χ3n) is 2.81. The number of methoxy groups -OCH3 is 1. The Morgan fingerprint density at radius 2 is 1.78 bits per heavy atom. The van der Waals surface area contributed by atoms with Gasteiger partial charge in [0, 0.05) is 20.0 Å². The lowest BCUT2D eigenvalue weighted by molar-refractivity contribution is -0.143. The van der Waals surface area contributed by atoms with Gasteiger partial charge in [-0.05, 0) is 26.7 Å². The molecule has 0 N–H and O–H groups in total. The zero-order chi connectivity index (χ0) is 13.8. The van der Waals surface area contributed by atoms with E-state index >= 15 is 0 Å². The van der Waals surface area contributed by atoms with Gasteiger partial charge in [0.05, 0.1) is 12.7 Å². The van der Waals surface area contributed by atoms with E-state index in [0.29, 0.717) is 19.4 Å². The molecule has 0 aromatic carbocycles. The van der Waals surface area contributed by atoms with Gasteiger partial charge in [-0.25, -0.2) is 0 Å². The normalized spacial score (nSPS) is 12.2. The van der Waals surface area contributed by atoms with Crippen molar-refractivity contribution in [1.82, 2.24) is 0 Å². The second-order valence-corrected chi connectivity index (χ2v) is 4.52. The second kappa shape index (κ2) is 11.2. The van der Waals surface area contributed by atoms with Gasteiger partial charge in [-0.3, -0.25) is 9.59 Å². The molecule has 4 heteroatoms. The molecule has 1 atom stereocenters. The van der Waals surface area contributed by atoms with E-state index in [1.165, 1.54) is 0 Å². The van der Waals surface area contributed by atoms with E-state index in [1.807, 2.05) is 6.92 Å². The number of ketones is 1. The number of hydrogen-bond acceptors (Lipinski definition) is 4. The summed E-state index contributed by atoms with van der Waals surface area (Å²) in [6.07, 6.45) is 5.97. The van der Waals surface area contributed by atoms with Crippen LogP contribution in [0.4, 0.5) is 0 Å². The standard InChI is InChI=1S/C14H26O4/c1-4-18-14(16)10-8-6-5-7-9-13(17-3)11-12(2)15/h13H,4-11H2,1-3H3. The number of carbonyl (C=O) groups is 2. The van der Waals surface area contributed by atoms with Gasteiger partial charge in [0.25, 0.3) is 0 Å².